The number of imidazole rings is 1. The molecule has 124 valence electrons. The molecule has 8 heteroatoms. The topological polar surface area (TPSA) is 118 Å². The van der Waals surface area contributed by atoms with E-state index in [-0.39, 0.29) is 0 Å². The van der Waals surface area contributed by atoms with Gasteiger partial charge in [-0.1, -0.05) is 0 Å². The number of carbonyl (C=O) groups is 1. The van der Waals surface area contributed by atoms with Gasteiger partial charge in [0, 0.05) is 18.0 Å². The second-order valence-corrected chi connectivity index (χ2v) is 5.77. The molecule has 1 unspecified atom stereocenters. The average molecular weight is 327 g/mol. The minimum Gasteiger partial charge on any atom is -0.481 e. The number of aromatic nitrogens is 3. The summed E-state index contributed by atoms with van der Waals surface area (Å²) >= 11 is 0. The Kier molecular flexibility index (Phi) is 3.27. The van der Waals surface area contributed by atoms with Crippen LogP contribution in [-0.2, 0) is 22.7 Å². The van der Waals surface area contributed by atoms with Gasteiger partial charge in [0.2, 0.25) is 0 Å². The number of pyridine rings is 1. The van der Waals surface area contributed by atoms with Gasteiger partial charge in [0.25, 0.3) is 5.91 Å². The van der Waals surface area contributed by atoms with E-state index in [1.165, 1.54) is 0 Å². The van der Waals surface area contributed by atoms with Crippen LogP contribution in [0.25, 0.3) is 21.9 Å². The second kappa shape index (κ2) is 5.34. The zero-order chi connectivity index (χ0) is 16.8. The van der Waals surface area contributed by atoms with E-state index in [4.69, 9.17) is 20.9 Å². The minimum absolute atomic E-state index is 0.361. The molecular weight excluding hydrogens is 310 g/mol. The van der Waals surface area contributed by atoms with E-state index in [1.54, 1.807) is 19.1 Å². The summed E-state index contributed by atoms with van der Waals surface area (Å²) in [5, 5.41) is 0.930. The number of benzene rings is 1. The molecule has 0 bridgehead atoms. The summed E-state index contributed by atoms with van der Waals surface area (Å²) in [5.41, 5.74) is 13.6. The van der Waals surface area contributed by atoms with Crippen LogP contribution in [0, 0.1) is 0 Å². The van der Waals surface area contributed by atoms with Gasteiger partial charge in [-0.05, 0) is 19.1 Å². The zero-order valence-corrected chi connectivity index (χ0v) is 13.2. The molecule has 0 saturated carbocycles. The van der Waals surface area contributed by atoms with Crippen LogP contribution < -0.4 is 16.2 Å². The van der Waals surface area contributed by atoms with Gasteiger partial charge < -0.3 is 25.5 Å². The molecule has 3 aromatic rings. The lowest BCUT2D eigenvalue weighted by Gasteiger charge is -2.16. The molecule has 24 heavy (non-hydrogen) atoms. The molecule has 4 rings (SSSR count). The van der Waals surface area contributed by atoms with Crippen molar-refractivity contribution in [2.75, 3.05) is 12.3 Å². The highest BCUT2D eigenvalue weighted by molar-refractivity contribution is 6.07. The highest BCUT2D eigenvalue weighted by Gasteiger charge is 2.20. The van der Waals surface area contributed by atoms with Gasteiger partial charge >= 0.3 is 0 Å². The molecule has 0 radical (unpaired) electrons. The molecule has 1 aliphatic rings. The lowest BCUT2D eigenvalue weighted by molar-refractivity contribution is -0.123. The first kappa shape index (κ1) is 14.7. The highest BCUT2D eigenvalue weighted by Crippen LogP contribution is 2.32. The van der Waals surface area contributed by atoms with Crippen molar-refractivity contribution in [1.29, 1.82) is 0 Å². The number of hydrogen-bond donors (Lipinski definition) is 2. The lowest BCUT2D eigenvalue weighted by atomic mass is 10.1. The lowest BCUT2D eigenvalue weighted by Crippen LogP contribution is -2.30. The van der Waals surface area contributed by atoms with Gasteiger partial charge in [0.15, 0.2) is 11.9 Å². The van der Waals surface area contributed by atoms with Crippen LogP contribution in [0.3, 0.4) is 0 Å². The van der Waals surface area contributed by atoms with Gasteiger partial charge in [-0.15, -0.1) is 0 Å². The van der Waals surface area contributed by atoms with Gasteiger partial charge in [-0.3, -0.25) is 4.79 Å². The van der Waals surface area contributed by atoms with Gasteiger partial charge in [0.1, 0.15) is 23.7 Å². The number of primary amides is 1. The largest absolute Gasteiger partial charge is 0.481 e. The Labute approximate surface area is 137 Å². The number of fused-ring (bicyclic) bond motifs is 5. The molecule has 2 aromatic heterocycles. The Hall–Kier alpha value is -2.87. The summed E-state index contributed by atoms with van der Waals surface area (Å²) < 4.78 is 13.1. The number of rotatable bonds is 3. The van der Waals surface area contributed by atoms with E-state index in [0.717, 1.165) is 23.3 Å². The maximum atomic E-state index is 11.2. The van der Waals surface area contributed by atoms with Gasteiger partial charge in [0.05, 0.1) is 17.6 Å². The van der Waals surface area contributed by atoms with E-state index in [9.17, 15) is 4.79 Å². The number of anilines is 1. The summed E-state index contributed by atoms with van der Waals surface area (Å²) in [5.74, 6) is 1.20. The number of ether oxygens (including phenoxy) is 2. The molecule has 3 heterocycles. The fraction of sp³-hybridized carbons (Fsp3) is 0.312. The number of hydrogen-bond acceptors (Lipinski definition) is 6. The summed E-state index contributed by atoms with van der Waals surface area (Å²) in [6, 6.07) is 5.44. The van der Waals surface area contributed by atoms with Crippen LogP contribution in [0.4, 0.5) is 5.82 Å². The number of nitrogens with zero attached hydrogens (tertiary/aromatic N) is 3. The Bertz CT molecular complexity index is 965. The smallest absolute Gasteiger partial charge is 0.258 e. The number of amides is 1. The maximum Gasteiger partial charge on any atom is 0.258 e. The average Bonchev–Trinajstić information content (AvgIpc) is 2.95. The monoisotopic (exact) mass is 327 g/mol. The highest BCUT2D eigenvalue weighted by atomic mass is 16.5. The molecule has 4 N–H and O–H groups in total. The minimum atomic E-state index is -0.719. The van der Waals surface area contributed by atoms with Crippen molar-refractivity contribution in [2.45, 2.75) is 26.2 Å². The predicted molar refractivity (Wildman–Crippen MR) is 88.4 cm³/mol. The molecule has 0 aliphatic carbocycles. The van der Waals surface area contributed by atoms with Gasteiger partial charge in [-0.2, -0.15) is 0 Å². The van der Waals surface area contributed by atoms with E-state index in [1.807, 2.05) is 6.07 Å². The number of nitrogen functional groups attached to an aromatic ring is 1. The van der Waals surface area contributed by atoms with Crippen molar-refractivity contribution >= 4 is 33.7 Å². The fourth-order valence-corrected chi connectivity index (χ4v) is 2.94. The molecular formula is C16H17N5O3. The molecule has 0 fully saturated rings. The van der Waals surface area contributed by atoms with Crippen molar-refractivity contribution in [2.24, 2.45) is 5.73 Å². The van der Waals surface area contributed by atoms with Crippen molar-refractivity contribution in [1.82, 2.24) is 14.5 Å². The second-order valence-electron chi connectivity index (χ2n) is 5.77. The van der Waals surface area contributed by atoms with Crippen molar-refractivity contribution in [3.63, 3.8) is 0 Å². The van der Waals surface area contributed by atoms with Crippen LogP contribution in [0.2, 0.25) is 0 Å². The first-order valence-electron chi connectivity index (χ1n) is 7.66. The van der Waals surface area contributed by atoms with E-state index < -0.39 is 12.0 Å². The molecule has 0 spiro atoms. The fourth-order valence-electron chi connectivity index (χ4n) is 2.94. The van der Waals surface area contributed by atoms with Crippen molar-refractivity contribution < 1.29 is 14.3 Å². The van der Waals surface area contributed by atoms with Crippen LogP contribution >= 0.6 is 0 Å². The summed E-state index contributed by atoms with van der Waals surface area (Å²) in [7, 11) is 0. The van der Waals surface area contributed by atoms with E-state index in [0.29, 0.717) is 35.8 Å². The normalized spacial score (nSPS) is 15.4. The molecule has 1 amide bonds. The quantitative estimate of drug-likeness (QED) is 0.739. The van der Waals surface area contributed by atoms with Crippen LogP contribution in [0.1, 0.15) is 12.7 Å². The van der Waals surface area contributed by atoms with Gasteiger partial charge in [-0.25, -0.2) is 9.97 Å². The molecule has 8 nitrogen and oxygen atoms in total. The third kappa shape index (κ3) is 2.23. The Balaban J connectivity index is 1.89. The summed E-state index contributed by atoms with van der Waals surface area (Å²) in [4.78, 5) is 20.1. The number of carbonyl (C=O) groups excluding carboxylic acids is 1. The molecule has 1 aliphatic heterocycles. The third-order valence-corrected chi connectivity index (χ3v) is 4.16. The molecule has 1 atom stereocenters. The molecule has 1 aromatic carbocycles. The SMILES string of the molecule is CC(Oc1ccc2c(c1)nc(N)c1nc3n(c12)CCOC3)C(N)=O. The number of nitrogens with two attached hydrogens (primary N) is 2. The van der Waals surface area contributed by atoms with Crippen molar-refractivity contribution in [3.8, 4) is 5.75 Å². The first-order chi connectivity index (χ1) is 11.5. The van der Waals surface area contributed by atoms with Crippen molar-refractivity contribution in [3.05, 3.63) is 24.0 Å². The standard InChI is InChI=1S/C16H17N5O3/c1-8(16(18)22)24-9-2-3-10-11(6-9)19-15(17)13-14(10)21-4-5-23-7-12(21)20-13/h2-3,6,8H,4-5,7H2,1H3,(H2,17,19)(H2,18,22). The maximum absolute atomic E-state index is 11.2. The summed E-state index contributed by atoms with van der Waals surface area (Å²) in [6.07, 6.45) is -0.719. The predicted octanol–water partition coefficient (Wildman–Crippen LogP) is 0.949. The van der Waals surface area contributed by atoms with Crippen LogP contribution in [0.5, 0.6) is 5.75 Å². The van der Waals surface area contributed by atoms with Crippen LogP contribution in [0.15, 0.2) is 18.2 Å². The summed E-state index contributed by atoms with van der Waals surface area (Å²) in [6.45, 7) is 3.43. The Morgan fingerprint density at radius 3 is 3.04 bits per heavy atom. The zero-order valence-electron chi connectivity index (χ0n) is 13.2. The first-order valence-corrected chi connectivity index (χ1v) is 7.66. The Morgan fingerprint density at radius 1 is 1.42 bits per heavy atom. The molecule has 0 saturated heterocycles. The van der Waals surface area contributed by atoms with E-state index >= 15 is 0 Å². The van der Waals surface area contributed by atoms with E-state index in [2.05, 4.69) is 14.5 Å². The van der Waals surface area contributed by atoms with Crippen LogP contribution in [-0.4, -0.2) is 33.2 Å². The Morgan fingerprint density at radius 2 is 2.25 bits per heavy atom. The third-order valence-electron chi connectivity index (χ3n) is 4.16.